The van der Waals surface area contributed by atoms with Crippen LogP contribution in [0.2, 0.25) is 0 Å². The molecule has 0 amide bonds. The molecule has 1 aliphatic heterocycles. The van der Waals surface area contributed by atoms with Crippen LogP contribution in [0.15, 0.2) is 12.1 Å². The van der Waals surface area contributed by atoms with Crippen molar-refractivity contribution in [2.45, 2.75) is 13.3 Å². The summed E-state index contributed by atoms with van der Waals surface area (Å²) in [4.78, 5) is 2.11. The van der Waals surface area contributed by atoms with Crippen LogP contribution in [0.4, 0.5) is 15.8 Å². The van der Waals surface area contributed by atoms with E-state index in [1.807, 2.05) is 0 Å². The second kappa shape index (κ2) is 4.29. The number of aliphatic hydroxyl groups excluding tert-OH is 1. The number of aryl methyl sites for hydroxylation is 1. The van der Waals surface area contributed by atoms with E-state index in [0.717, 1.165) is 25.2 Å². The molecule has 0 radical (unpaired) electrons. The van der Waals surface area contributed by atoms with Crippen molar-refractivity contribution in [3.8, 4) is 0 Å². The van der Waals surface area contributed by atoms with Gasteiger partial charge in [-0.2, -0.15) is 0 Å². The van der Waals surface area contributed by atoms with Gasteiger partial charge in [-0.1, -0.05) is 0 Å². The van der Waals surface area contributed by atoms with Gasteiger partial charge >= 0.3 is 0 Å². The molecule has 1 fully saturated rings. The van der Waals surface area contributed by atoms with Crippen LogP contribution in [-0.2, 0) is 0 Å². The fourth-order valence-electron chi connectivity index (χ4n) is 2.16. The Hall–Kier alpha value is -1.29. The number of nitrogen functional groups attached to an aromatic ring is 1. The zero-order valence-corrected chi connectivity index (χ0v) is 9.41. The lowest BCUT2D eigenvalue weighted by atomic mass is 10.1. The van der Waals surface area contributed by atoms with Crippen LogP contribution < -0.4 is 10.6 Å². The quantitative estimate of drug-likeness (QED) is 0.749. The van der Waals surface area contributed by atoms with Gasteiger partial charge < -0.3 is 15.7 Å². The van der Waals surface area contributed by atoms with Crippen LogP contribution >= 0.6 is 0 Å². The third-order valence-electron chi connectivity index (χ3n) is 3.19. The highest BCUT2D eigenvalue weighted by molar-refractivity contribution is 5.69. The molecule has 0 aromatic heterocycles. The normalized spacial score (nSPS) is 20.4. The van der Waals surface area contributed by atoms with E-state index in [9.17, 15) is 4.39 Å². The van der Waals surface area contributed by atoms with Gasteiger partial charge in [0.15, 0.2) is 0 Å². The van der Waals surface area contributed by atoms with Crippen molar-refractivity contribution >= 4 is 11.4 Å². The van der Waals surface area contributed by atoms with Gasteiger partial charge in [0, 0.05) is 25.6 Å². The van der Waals surface area contributed by atoms with Crippen LogP contribution in [0.5, 0.6) is 0 Å². The summed E-state index contributed by atoms with van der Waals surface area (Å²) in [6, 6.07) is 3.15. The second-order valence-corrected chi connectivity index (χ2v) is 4.44. The molecule has 3 N–H and O–H groups in total. The summed E-state index contributed by atoms with van der Waals surface area (Å²) in [6.45, 7) is 3.61. The minimum atomic E-state index is -0.265. The maximum Gasteiger partial charge on any atom is 0.128 e. The monoisotopic (exact) mass is 224 g/mol. The molecule has 0 aliphatic carbocycles. The molecule has 1 heterocycles. The predicted molar refractivity (Wildman–Crippen MR) is 63.0 cm³/mol. The molecule has 16 heavy (non-hydrogen) atoms. The zero-order valence-electron chi connectivity index (χ0n) is 9.41. The summed E-state index contributed by atoms with van der Waals surface area (Å²) in [7, 11) is 0. The number of hydrogen-bond acceptors (Lipinski definition) is 3. The molecule has 0 spiro atoms. The number of hydrogen-bond donors (Lipinski definition) is 2. The molecule has 1 unspecified atom stereocenters. The van der Waals surface area contributed by atoms with Crippen molar-refractivity contribution < 1.29 is 9.50 Å². The third-order valence-corrected chi connectivity index (χ3v) is 3.19. The first-order valence-electron chi connectivity index (χ1n) is 5.53. The first-order valence-corrected chi connectivity index (χ1v) is 5.53. The predicted octanol–water partition coefficient (Wildman–Crippen LogP) is 1.53. The molecule has 1 atom stereocenters. The maximum atomic E-state index is 13.3. The number of anilines is 2. The minimum Gasteiger partial charge on any atom is -0.397 e. The van der Waals surface area contributed by atoms with Gasteiger partial charge in [-0.25, -0.2) is 4.39 Å². The van der Waals surface area contributed by atoms with Crippen molar-refractivity contribution in [2.75, 3.05) is 30.3 Å². The first kappa shape index (κ1) is 11.2. The Morgan fingerprint density at radius 1 is 1.56 bits per heavy atom. The summed E-state index contributed by atoms with van der Waals surface area (Å²) < 4.78 is 13.3. The molecule has 4 heteroatoms. The van der Waals surface area contributed by atoms with E-state index in [4.69, 9.17) is 10.8 Å². The Kier molecular flexibility index (Phi) is 3.01. The molecular weight excluding hydrogens is 207 g/mol. The summed E-state index contributed by atoms with van der Waals surface area (Å²) >= 11 is 0. The zero-order chi connectivity index (χ0) is 11.7. The van der Waals surface area contributed by atoms with E-state index in [1.165, 1.54) is 6.07 Å². The number of rotatable bonds is 2. The Labute approximate surface area is 94.7 Å². The first-order chi connectivity index (χ1) is 7.61. The van der Waals surface area contributed by atoms with Crippen molar-refractivity contribution in [2.24, 2.45) is 5.92 Å². The van der Waals surface area contributed by atoms with Gasteiger partial charge in [-0.3, -0.25) is 0 Å². The van der Waals surface area contributed by atoms with Gasteiger partial charge in [0.2, 0.25) is 0 Å². The molecular formula is C12H17FN2O. The van der Waals surface area contributed by atoms with E-state index in [1.54, 1.807) is 13.0 Å². The number of nitrogens with two attached hydrogens (primary N) is 1. The SMILES string of the molecule is Cc1cc(N2CCC(CO)C2)c(N)cc1F. The average molecular weight is 224 g/mol. The molecule has 1 aromatic rings. The molecule has 1 aromatic carbocycles. The van der Waals surface area contributed by atoms with E-state index in [2.05, 4.69) is 4.90 Å². The highest BCUT2D eigenvalue weighted by atomic mass is 19.1. The Balaban J connectivity index is 2.24. The topological polar surface area (TPSA) is 49.5 Å². The molecule has 88 valence electrons. The Bertz CT molecular complexity index is 395. The number of benzene rings is 1. The van der Waals surface area contributed by atoms with Crippen LogP contribution in [-0.4, -0.2) is 24.8 Å². The molecule has 3 nitrogen and oxygen atoms in total. The lowest BCUT2D eigenvalue weighted by Crippen LogP contribution is -2.22. The van der Waals surface area contributed by atoms with Crippen molar-refractivity contribution in [3.05, 3.63) is 23.5 Å². The molecule has 1 aliphatic rings. The second-order valence-electron chi connectivity index (χ2n) is 4.44. The van der Waals surface area contributed by atoms with Crippen LogP contribution in [0.25, 0.3) is 0 Å². The van der Waals surface area contributed by atoms with Gasteiger partial charge in [0.1, 0.15) is 5.82 Å². The van der Waals surface area contributed by atoms with E-state index >= 15 is 0 Å². The highest BCUT2D eigenvalue weighted by Gasteiger charge is 2.23. The minimum absolute atomic E-state index is 0.205. The van der Waals surface area contributed by atoms with Gasteiger partial charge in [0.05, 0.1) is 11.4 Å². The van der Waals surface area contributed by atoms with Gasteiger partial charge in [-0.05, 0) is 31.0 Å². The average Bonchev–Trinajstić information content (AvgIpc) is 2.71. The summed E-state index contributed by atoms with van der Waals surface area (Å²) in [5, 5.41) is 9.08. The van der Waals surface area contributed by atoms with Crippen molar-refractivity contribution in [1.82, 2.24) is 0 Å². The van der Waals surface area contributed by atoms with Gasteiger partial charge in [-0.15, -0.1) is 0 Å². The van der Waals surface area contributed by atoms with Crippen LogP contribution in [0.3, 0.4) is 0 Å². The van der Waals surface area contributed by atoms with Crippen molar-refractivity contribution in [1.29, 1.82) is 0 Å². The van der Waals surface area contributed by atoms with Crippen LogP contribution in [0.1, 0.15) is 12.0 Å². The molecule has 0 saturated carbocycles. The van der Waals surface area contributed by atoms with E-state index < -0.39 is 0 Å². The van der Waals surface area contributed by atoms with Gasteiger partial charge in [0.25, 0.3) is 0 Å². The lowest BCUT2D eigenvalue weighted by Gasteiger charge is -2.21. The number of aliphatic hydroxyl groups is 1. The smallest absolute Gasteiger partial charge is 0.128 e. The molecule has 2 rings (SSSR count). The molecule has 1 saturated heterocycles. The summed E-state index contributed by atoms with van der Waals surface area (Å²) in [6.07, 6.45) is 0.965. The summed E-state index contributed by atoms with van der Waals surface area (Å²) in [5.74, 6) is 0.0453. The number of halogens is 1. The fourth-order valence-corrected chi connectivity index (χ4v) is 2.16. The Morgan fingerprint density at radius 3 is 2.94 bits per heavy atom. The summed E-state index contributed by atoms with van der Waals surface area (Å²) in [5.41, 5.74) is 7.78. The lowest BCUT2D eigenvalue weighted by molar-refractivity contribution is 0.238. The van der Waals surface area contributed by atoms with E-state index in [-0.39, 0.29) is 12.4 Å². The fraction of sp³-hybridized carbons (Fsp3) is 0.500. The maximum absolute atomic E-state index is 13.3. The number of nitrogens with zero attached hydrogens (tertiary/aromatic N) is 1. The molecule has 0 bridgehead atoms. The van der Waals surface area contributed by atoms with Crippen molar-refractivity contribution in [3.63, 3.8) is 0 Å². The Morgan fingerprint density at radius 2 is 2.31 bits per heavy atom. The largest absolute Gasteiger partial charge is 0.397 e. The third kappa shape index (κ3) is 1.97. The standard InChI is InChI=1S/C12H17FN2O/c1-8-4-12(11(14)5-10(8)13)15-3-2-9(6-15)7-16/h4-5,9,16H,2-3,6-7,14H2,1H3. The highest BCUT2D eigenvalue weighted by Crippen LogP contribution is 2.30. The van der Waals surface area contributed by atoms with E-state index in [0.29, 0.717) is 17.2 Å². The van der Waals surface area contributed by atoms with Crippen LogP contribution in [0, 0.1) is 18.7 Å².